The van der Waals surface area contributed by atoms with Gasteiger partial charge in [0, 0.05) is 24.8 Å². The fraction of sp³-hybridized carbons (Fsp3) is 0.267. The van der Waals surface area contributed by atoms with Gasteiger partial charge in [-0.2, -0.15) is 0 Å². The predicted octanol–water partition coefficient (Wildman–Crippen LogP) is 3.39. The predicted molar refractivity (Wildman–Crippen MR) is 80.4 cm³/mol. The molecule has 4 heteroatoms. The Bertz CT molecular complexity index is 557. The second kappa shape index (κ2) is 6.04. The molecule has 1 unspecified atom stereocenters. The molecule has 0 bridgehead atoms. The van der Waals surface area contributed by atoms with Gasteiger partial charge in [0.15, 0.2) is 0 Å². The SMILES string of the molecule is CC(c1ccccc1Cl)N(C)c1cc(CN)ccn1. The summed E-state index contributed by atoms with van der Waals surface area (Å²) in [5.41, 5.74) is 7.82. The van der Waals surface area contributed by atoms with E-state index >= 15 is 0 Å². The summed E-state index contributed by atoms with van der Waals surface area (Å²) < 4.78 is 0. The van der Waals surface area contributed by atoms with Crippen LogP contribution in [0.1, 0.15) is 24.1 Å². The van der Waals surface area contributed by atoms with Crippen LogP contribution in [-0.4, -0.2) is 12.0 Å². The third-order valence-corrected chi connectivity index (χ3v) is 3.69. The van der Waals surface area contributed by atoms with Crippen molar-refractivity contribution in [2.75, 3.05) is 11.9 Å². The normalized spacial score (nSPS) is 12.2. The maximum Gasteiger partial charge on any atom is 0.129 e. The lowest BCUT2D eigenvalue weighted by atomic mass is 10.1. The van der Waals surface area contributed by atoms with Crippen LogP contribution < -0.4 is 10.6 Å². The lowest BCUT2D eigenvalue weighted by molar-refractivity contribution is 0.728. The van der Waals surface area contributed by atoms with Crippen LogP contribution in [0.25, 0.3) is 0 Å². The second-order valence-corrected chi connectivity index (χ2v) is 4.94. The van der Waals surface area contributed by atoms with Crippen LogP contribution in [0.2, 0.25) is 5.02 Å². The van der Waals surface area contributed by atoms with E-state index in [9.17, 15) is 0 Å². The number of pyridine rings is 1. The minimum atomic E-state index is 0.147. The van der Waals surface area contributed by atoms with Crippen molar-refractivity contribution in [3.8, 4) is 0 Å². The number of hydrogen-bond acceptors (Lipinski definition) is 3. The Labute approximate surface area is 119 Å². The second-order valence-electron chi connectivity index (χ2n) is 4.53. The third kappa shape index (κ3) is 3.06. The van der Waals surface area contributed by atoms with Crippen molar-refractivity contribution < 1.29 is 0 Å². The van der Waals surface area contributed by atoms with E-state index in [4.69, 9.17) is 17.3 Å². The zero-order valence-corrected chi connectivity index (χ0v) is 11.9. The molecule has 2 rings (SSSR count). The summed E-state index contributed by atoms with van der Waals surface area (Å²) in [5, 5.41) is 0.775. The first-order valence-corrected chi connectivity index (χ1v) is 6.63. The van der Waals surface area contributed by atoms with Crippen LogP contribution in [-0.2, 0) is 6.54 Å². The van der Waals surface area contributed by atoms with Crippen LogP contribution in [0.4, 0.5) is 5.82 Å². The van der Waals surface area contributed by atoms with E-state index in [1.807, 2.05) is 43.4 Å². The molecule has 2 aromatic rings. The summed E-state index contributed by atoms with van der Waals surface area (Å²) >= 11 is 6.24. The van der Waals surface area contributed by atoms with E-state index < -0.39 is 0 Å². The quantitative estimate of drug-likeness (QED) is 0.930. The Morgan fingerprint density at radius 1 is 1.32 bits per heavy atom. The Morgan fingerprint density at radius 3 is 2.74 bits per heavy atom. The van der Waals surface area contributed by atoms with Gasteiger partial charge in [0.25, 0.3) is 0 Å². The summed E-state index contributed by atoms with van der Waals surface area (Å²) in [7, 11) is 2.01. The molecule has 0 saturated heterocycles. The molecule has 0 aliphatic heterocycles. The van der Waals surface area contributed by atoms with Gasteiger partial charge in [-0.25, -0.2) is 4.98 Å². The zero-order chi connectivity index (χ0) is 13.8. The molecule has 0 fully saturated rings. The maximum absolute atomic E-state index is 6.24. The minimum Gasteiger partial charge on any atom is -0.353 e. The fourth-order valence-electron chi connectivity index (χ4n) is 2.00. The highest BCUT2D eigenvalue weighted by atomic mass is 35.5. The molecule has 19 heavy (non-hydrogen) atoms. The monoisotopic (exact) mass is 275 g/mol. The Balaban J connectivity index is 2.28. The van der Waals surface area contributed by atoms with Crippen LogP contribution >= 0.6 is 11.6 Å². The Morgan fingerprint density at radius 2 is 2.05 bits per heavy atom. The number of anilines is 1. The van der Waals surface area contributed by atoms with Gasteiger partial charge >= 0.3 is 0 Å². The molecule has 1 heterocycles. The number of aromatic nitrogens is 1. The van der Waals surface area contributed by atoms with Crippen molar-refractivity contribution in [3.63, 3.8) is 0 Å². The van der Waals surface area contributed by atoms with Crippen molar-refractivity contribution in [1.29, 1.82) is 0 Å². The fourth-order valence-corrected chi connectivity index (χ4v) is 2.30. The minimum absolute atomic E-state index is 0.147. The molecule has 0 saturated carbocycles. The smallest absolute Gasteiger partial charge is 0.129 e. The number of rotatable bonds is 4. The van der Waals surface area contributed by atoms with E-state index in [0.29, 0.717) is 6.54 Å². The van der Waals surface area contributed by atoms with Crippen molar-refractivity contribution in [2.45, 2.75) is 19.5 Å². The number of halogens is 1. The van der Waals surface area contributed by atoms with Gasteiger partial charge in [-0.3, -0.25) is 0 Å². The molecule has 100 valence electrons. The molecule has 0 spiro atoms. The van der Waals surface area contributed by atoms with Gasteiger partial charge in [0.2, 0.25) is 0 Å². The van der Waals surface area contributed by atoms with Crippen molar-refractivity contribution in [3.05, 3.63) is 58.7 Å². The summed E-state index contributed by atoms with van der Waals surface area (Å²) in [6.07, 6.45) is 1.79. The lowest BCUT2D eigenvalue weighted by Crippen LogP contribution is -2.23. The molecule has 1 aromatic carbocycles. The molecule has 0 amide bonds. The van der Waals surface area contributed by atoms with Gasteiger partial charge in [0.05, 0.1) is 6.04 Å². The summed E-state index contributed by atoms with van der Waals surface area (Å²) in [4.78, 5) is 6.49. The van der Waals surface area contributed by atoms with Crippen LogP contribution in [0.3, 0.4) is 0 Å². The molecule has 0 aliphatic rings. The van der Waals surface area contributed by atoms with Crippen molar-refractivity contribution in [2.24, 2.45) is 5.73 Å². The molecule has 1 atom stereocenters. The van der Waals surface area contributed by atoms with Crippen LogP contribution in [0.15, 0.2) is 42.6 Å². The Kier molecular flexibility index (Phi) is 4.40. The number of nitrogens with zero attached hydrogens (tertiary/aromatic N) is 2. The largest absolute Gasteiger partial charge is 0.353 e. The Hall–Kier alpha value is -1.58. The first-order valence-electron chi connectivity index (χ1n) is 6.25. The van der Waals surface area contributed by atoms with E-state index in [1.165, 1.54) is 0 Å². The highest BCUT2D eigenvalue weighted by molar-refractivity contribution is 6.31. The zero-order valence-electron chi connectivity index (χ0n) is 11.2. The van der Waals surface area contributed by atoms with E-state index in [0.717, 1.165) is 22.0 Å². The third-order valence-electron chi connectivity index (χ3n) is 3.34. The molecule has 0 radical (unpaired) electrons. The van der Waals surface area contributed by atoms with Gasteiger partial charge in [-0.1, -0.05) is 29.8 Å². The van der Waals surface area contributed by atoms with Crippen molar-refractivity contribution >= 4 is 17.4 Å². The average molecular weight is 276 g/mol. The van der Waals surface area contributed by atoms with Crippen molar-refractivity contribution in [1.82, 2.24) is 4.98 Å². The van der Waals surface area contributed by atoms with Crippen LogP contribution in [0.5, 0.6) is 0 Å². The molecule has 2 N–H and O–H groups in total. The molecule has 1 aromatic heterocycles. The summed E-state index contributed by atoms with van der Waals surface area (Å²) in [6.45, 7) is 2.63. The highest BCUT2D eigenvalue weighted by Gasteiger charge is 2.15. The first kappa shape index (κ1) is 13.8. The number of benzene rings is 1. The van der Waals surface area contributed by atoms with E-state index in [-0.39, 0.29) is 6.04 Å². The number of hydrogen-bond donors (Lipinski definition) is 1. The summed E-state index contributed by atoms with van der Waals surface area (Å²) in [5.74, 6) is 0.898. The van der Waals surface area contributed by atoms with E-state index in [1.54, 1.807) is 6.20 Å². The van der Waals surface area contributed by atoms with Gasteiger partial charge in [-0.15, -0.1) is 0 Å². The maximum atomic E-state index is 6.24. The van der Waals surface area contributed by atoms with E-state index in [2.05, 4.69) is 16.8 Å². The molecule has 3 nitrogen and oxygen atoms in total. The molecular weight excluding hydrogens is 258 g/mol. The van der Waals surface area contributed by atoms with Gasteiger partial charge in [0.1, 0.15) is 5.82 Å². The average Bonchev–Trinajstić information content (AvgIpc) is 2.46. The van der Waals surface area contributed by atoms with Gasteiger partial charge in [-0.05, 0) is 36.2 Å². The van der Waals surface area contributed by atoms with Crippen LogP contribution in [0, 0.1) is 0 Å². The topological polar surface area (TPSA) is 42.1 Å². The number of nitrogens with two attached hydrogens (primary N) is 1. The summed E-state index contributed by atoms with van der Waals surface area (Å²) in [6, 6.07) is 12.0. The van der Waals surface area contributed by atoms with Gasteiger partial charge < -0.3 is 10.6 Å². The first-order chi connectivity index (χ1) is 9.13. The molecule has 0 aliphatic carbocycles. The highest BCUT2D eigenvalue weighted by Crippen LogP contribution is 2.29. The standard InChI is InChI=1S/C15H18ClN3/c1-11(13-5-3-4-6-14(13)16)19(2)15-9-12(10-17)7-8-18-15/h3-9,11H,10,17H2,1-2H3. The lowest BCUT2D eigenvalue weighted by Gasteiger charge is -2.27. The molecular formula is C15H18ClN3.